The van der Waals surface area contributed by atoms with Crippen molar-refractivity contribution in [1.82, 2.24) is 5.32 Å². The Bertz CT molecular complexity index is 1340. The maximum atomic E-state index is 13.4. The SMILES string of the molecule is CNC(=O)c1c(-c2ccc(F)cc2)oc2ccc(-c3cc(C(=O)O)c(C)cc3C)cc12. The molecule has 4 aromatic rings. The highest BCUT2D eigenvalue weighted by atomic mass is 19.1. The first-order chi connectivity index (χ1) is 14.8. The fourth-order valence-corrected chi connectivity index (χ4v) is 3.81. The molecule has 0 aliphatic rings. The summed E-state index contributed by atoms with van der Waals surface area (Å²) in [7, 11) is 1.53. The molecule has 0 bridgehead atoms. The zero-order valence-corrected chi connectivity index (χ0v) is 17.2. The minimum atomic E-state index is -0.993. The average Bonchev–Trinajstić information content (AvgIpc) is 3.12. The Morgan fingerprint density at radius 1 is 0.935 bits per heavy atom. The lowest BCUT2D eigenvalue weighted by atomic mass is 9.93. The molecule has 0 spiro atoms. The maximum Gasteiger partial charge on any atom is 0.335 e. The highest BCUT2D eigenvalue weighted by Crippen LogP contribution is 2.37. The first-order valence-electron chi connectivity index (χ1n) is 9.69. The van der Waals surface area contributed by atoms with Crippen LogP contribution in [0.15, 0.2) is 59.0 Å². The van der Waals surface area contributed by atoms with Gasteiger partial charge in [0, 0.05) is 18.0 Å². The summed E-state index contributed by atoms with van der Waals surface area (Å²) in [6.07, 6.45) is 0. The molecule has 31 heavy (non-hydrogen) atoms. The van der Waals surface area contributed by atoms with Crippen molar-refractivity contribution in [2.45, 2.75) is 13.8 Å². The lowest BCUT2D eigenvalue weighted by Gasteiger charge is -2.10. The summed E-state index contributed by atoms with van der Waals surface area (Å²) in [6.45, 7) is 3.68. The highest BCUT2D eigenvalue weighted by Gasteiger charge is 2.22. The number of carbonyl (C=O) groups is 2. The molecule has 0 aliphatic heterocycles. The molecule has 0 radical (unpaired) electrons. The molecule has 0 saturated carbocycles. The molecular weight excluding hydrogens is 397 g/mol. The fraction of sp³-hybridized carbons (Fsp3) is 0.120. The quantitative estimate of drug-likeness (QED) is 0.454. The summed E-state index contributed by atoms with van der Waals surface area (Å²) in [5, 5.41) is 12.7. The van der Waals surface area contributed by atoms with Crippen LogP contribution < -0.4 is 5.32 Å². The van der Waals surface area contributed by atoms with E-state index in [1.54, 1.807) is 31.2 Å². The van der Waals surface area contributed by atoms with Gasteiger partial charge in [0.1, 0.15) is 17.2 Å². The molecule has 1 aromatic heterocycles. The van der Waals surface area contributed by atoms with Gasteiger partial charge in [0.15, 0.2) is 0 Å². The molecule has 0 aliphatic carbocycles. The van der Waals surface area contributed by atoms with Gasteiger partial charge in [0.05, 0.1) is 11.1 Å². The number of hydrogen-bond donors (Lipinski definition) is 2. The van der Waals surface area contributed by atoms with Crippen LogP contribution in [-0.2, 0) is 0 Å². The topological polar surface area (TPSA) is 79.5 Å². The van der Waals surface area contributed by atoms with Crippen LogP contribution >= 0.6 is 0 Å². The minimum absolute atomic E-state index is 0.228. The Kier molecular flexibility index (Phi) is 5.07. The third kappa shape index (κ3) is 3.57. The van der Waals surface area contributed by atoms with Crippen molar-refractivity contribution < 1.29 is 23.5 Å². The third-order valence-corrected chi connectivity index (χ3v) is 5.36. The lowest BCUT2D eigenvalue weighted by Crippen LogP contribution is -2.18. The summed E-state index contributed by atoms with van der Waals surface area (Å²) in [5.74, 6) is -1.36. The van der Waals surface area contributed by atoms with Gasteiger partial charge in [-0.2, -0.15) is 0 Å². The number of aromatic carboxylic acids is 1. The monoisotopic (exact) mass is 417 g/mol. The number of benzene rings is 3. The first kappa shape index (κ1) is 20.3. The molecule has 4 rings (SSSR count). The van der Waals surface area contributed by atoms with E-state index in [0.29, 0.717) is 33.4 Å². The molecule has 0 unspecified atom stereocenters. The van der Waals surface area contributed by atoms with Gasteiger partial charge in [-0.3, -0.25) is 4.79 Å². The molecular formula is C25H20FNO4. The van der Waals surface area contributed by atoms with Crippen molar-refractivity contribution >= 4 is 22.8 Å². The van der Waals surface area contributed by atoms with Crippen LogP contribution in [0.1, 0.15) is 31.8 Å². The van der Waals surface area contributed by atoms with E-state index >= 15 is 0 Å². The number of nitrogens with one attached hydrogen (secondary N) is 1. The standard InChI is InChI=1S/C25H20FNO4/c1-13-10-14(2)19(25(29)30)12-18(13)16-6-9-21-20(11-16)22(24(28)27-3)23(31-21)15-4-7-17(26)8-5-15/h4-12H,1-3H3,(H,27,28)(H,29,30). The number of furan rings is 1. The Hall–Kier alpha value is -3.93. The molecule has 3 aromatic carbocycles. The molecule has 156 valence electrons. The van der Waals surface area contributed by atoms with Crippen LogP contribution in [0.25, 0.3) is 33.4 Å². The minimum Gasteiger partial charge on any atom is -0.478 e. The second kappa shape index (κ2) is 7.72. The molecule has 2 N–H and O–H groups in total. The summed E-state index contributed by atoms with van der Waals surface area (Å²) in [6, 6.07) is 14.6. The first-order valence-corrected chi connectivity index (χ1v) is 9.69. The van der Waals surface area contributed by atoms with E-state index in [2.05, 4.69) is 5.32 Å². The largest absolute Gasteiger partial charge is 0.478 e. The zero-order valence-electron chi connectivity index (χ0n) is 17.2. The number of hydrogen-bond acceptors (Lipinski definition) is 3. The van der Waals surface area contributed by atoms with Crippen LogP contribution in [0.4, 0.5) is 4.39 Å². The maximum absolute atomic E-state index is 13.4. The molecule has 1 heterocycles. The number of halogens is 1. The van der Waals surface area contributed by atoms with Gasteiger partial charge in [-0.1, -0.05) is 12.1 Å². The number of aryl methyl sites for hydroxylation is 2. The molecule has 0 atom stereocenters. The van der Waals surface area contributed by atoms with Gasteiger partial charge in [-0.05, 0) is 78.6 Å². The van der Waals surface area contributed by atoms with Crippen LogP contribution in [0.3, 0.4) is 0 Å². The molecule has 0 fully saturated rings. The second-order valence-corrected chi connectivity index (χ2v) is 7.39. The smallest absolute Gasteiger partial charge is 0.335 e. The van der Waals surface area contributed by atoms with Gasteiger partial charge in [-0.15, -0.1) is 0 Å². The van der Waals surface area contributed by atoms with Gasteiger partial charge >= 0.3 is 5.97 Å². The predicted octanol–water partition coefficient (Wildman–Crippen LogP) is 5.58. The molecule has 0 saturated heterocycles. The van der Waals surface area contributed by atoms with Gasteiger partial charge < -0.3 is 14.8 Å². The average molecular weight is 417 g/mol. The highest BCUT2D eigenvalue weighted by molar-refractivity contribution is 6.12. The Labute approximate surface area is 178 Å². The van der Waals surface area contributed by atoms with Gasteiger partial charge in [0.2, 0.25) is 0 Å². The van der Waals surface area contributed by atoms with Crippen molar-refractivity contribution in [3.63, 3.8) is 0 Å². The Balaban J connectivity index is 1.96. The van der Waals surface area contributed by atoms with E-state index in [-0.39, 0.29) is 17.3 Å². The van der Waals surface area contributed by atoms with E-state index in [1.807, 2.05) is 25.1 Å². The Morgan fingerprint density at radius 3 is 2.26 bits per heavy atom. The van der Waals surface area contributed by atoms with Crippen LogP contribution in [0, 0.1) is 19.7 Å². The summed E-state index contributed by atoms with van der Waals surface area (Å²) < 4.78 is 19.3. The van der Waals surface area contributed by atoms with Crippen molar-refractivity contribution in [2.75, 3.05) is 7.05 Å². The summed E-state index contributed by atoms with van der Waals surface area (Å²) in [5.41, 5.74) is 4.79. The van der Waals surface area contributed by atoms with E-state index in [9.17, 15) is 19.1 Å². The third-order valence-electron chi connectivity index (χ3n) is 5.36. The van der Waals surface area contributed by atoms with E-state index in [4.69, 9.17) is 4.42 Å². The van der Waals surface area contributed by atoms with Gasteiger partial charge in [-0.25, -0.2) is 9.18 Å². The molecule has 1 amide bonds. The molecule has 6 heteroatoms. The number of carboxylic acid groups (broad SMARTS) is 1. The van der Waals surface area contributed by atoms with Crippen LogP contribution in [0.5, 0.6) is 0 Å². The van der Waals surface area contributed by atoms with E-state index in [0.717, 1.165) is 16.7 Å². The van der Waals surface area contributed by atoms with Crippen molar-refractivity contribution in [2.24, 2.45) is 0 Å². The molecule has 5 nitrogen and oxygen atoms in total. The van der Waals surface area contributed by atoms with Crippen molar-refractivity contribution in [3.8, 4) is 22.5 Å². The predicted molar refractivity (Wildman–Crippen MR) is 117 cm³/mol. The van der Waals surface area contributed by atoms with Crippen LogP contribution in [-0.4, -0.2) is 24.0 Å². The van der Waals surface area contributed by atoms with E-state index in [1.165, 1.54) is 19.2 Å². The summed E-state index contributed by atoms with van der Waals surface area (Å²) >= 11 is 0. The number of rotatable bonds is 4. The number of fused-ring (bicyclic) bond motifs is 1. The number of amides is 1. The number of carboxylic acids is 1. The number of carbonyl (C=O) groups excluding carboxylic acids is 1. The van der Waals surface area contributed by atoms with Crippen molar-refractivity contribution in [3.05, 3.63) is 82.7 Å². The van der Waals surface area contributed by atoms with Crippen LogP contribution in [0.2, 0.25) is 0 Å². The Morgan fingerprint density at radius 2 is 1.61 bits per heavy atom. The van der Waals surface area contributed by atoms with Gasteiger partial charge in [0.25, 0.3) is 5.91 Å². The fourth-order valence-electron chi connectivity index (χ4n) is 3.81. The van der Waals surface area contributed by atoms with Crippen molar-refractivity contribution in [1.29, 1.82) is 0 Å². The zero-order chi connectivity index (χ0) is 22.3. The normalized spacial score (nSPS) is 11.0. The lowest BCUT2D eigenvalue weighted by molar-refractivity contribution is 0.0696. The summed E-state index contributed by atoms with van der Waals surface area (Å²) in [4.78, 5) is 24.3. The van der Waals surface area contributed by atoms with E-state index < -0.39 is 5.97 Å². The second-order valence-electron chi connectivity index (χ2n) is 7.39.